The Bertz CT molecular complexity index is 1050. The van der Waals surface area contributed by atoms with E-state index in [1.807, 2.05) is 24.3 Å². The first-order chi connectivity index (χ1) is 16.5. The molecule has 2 N–H and O–H groups in total. The smallest absolute Gasteiger partial charge is 0.407 e. The summed E-state index contributed by atoms with van der Waals surface area (Å²) in [6.07, 6.45) is 3.56. The number of nitrogens with one attached hydrogen (secondary N) is 1. The van der Waals surface area contributed by atoms with Gasteiger partial charge in [0.25, 0.3) is 0 Å². The molecule has 1 saturated heterocycles. The Kier molecular flexibility index (Phi) is 6.26. The number of ether oxygens (including phenoxy) is 1. The van der Waals surface area contributed by atoms with Crippen LogP contribution >= 0.6 is 0 Å². The lowest BCUT2D eigenvalue weighted by atomic mass is 9.98. The van der Waals surface area contributed by atoms with Crippen LogP contribution in [0.25, 0.3) is 11.1 Å². The van der Waals surface area contributed by atoms with Crippen LogP contribution in [0.5, 0.6) is 0 Å². The number of amides is 2. The van der Waals surface area contributed by atoms with Crippen molar-refractivity contribution < 1.29 is 24.2 Å². The number of fused-ring (bicyclic) bond motifs is 3. The third-order valence-corrected chi connectivity index (χ3v) is 7.52. The lowest BCUT2D eigenvalue weighted by Gasteiger charge is -2.34. The summed E-state index contributed by atoms with van der Waals surface area (Å²) < 4.78 is 5.64. The molecular weight excluding hydrogens is 432 g/mol. The second kappa shape index (κ2) is 9.49. The van der Waals surface area contributed by atoms with Crippen LogP contribution in [-0.2, 0) is 14.3 Å². The van der Waals surface area contributed by atoms with Gasteiger partial charge in [0.05, 0.1) is 0 Å². The maximum Gasteiger partial charge on any atom is 0.407 e. The van der Waals surface area contributed by atoms with Gasteiger partial charge in [0.1, 0.15) is 12.6 Å². The number of alkyl carbamates (subject to hydrolysis) is 1. The predicted octanol–water partition coefficient (Wildman–Crippen LogP) is 4.16. The number of hydrogen-bond donors (Lipinski definition) is 2. The van der Waals surface area contributed by atoms with Crippen molar-refractivity contribution in [3.8, 4) is 11.1 Å². The van der Waals surface area contributed by atoms with Gasteiger partial charge in [-0.25, -0.2) is 9.59 Å². The first-order valence-corrected chi connectivity index (χ1v) is 12.2. The third-order valence-electron chi connectivity index (χ3n) is 7.52. The summed E-state index contributed by atoms with van der Waals surface area (Å²) in [6.45, 7) is 0.750. The number of carboxylic acids is 1. The van der Waals surface area contributed by atoms with Gasteiger partial charge in [-0.1, -0.05) is 48.5 Å². The molecule has 0 radical (unpaired) electrons. The Morgan fingerprint density at radius 1 is 0.941 bits per heavy atom. The molecule has 3 atom stereocenters. The molecule has 3 aliphatic rings. The van der Waals surface area contributed by atoms with Gasteiger partial charge in [-0.05, 0) is 60.8 Å². The van der Waals surface area contributed by atoms with E-state index >= 15 is 0 Å². The van der Waals surface area contributed by atoms with Gasteiger partial charge in [-0.2, -0.15) is 0 Å². The Balaban J connectivity index is 1.16. The average molecular weight is 463 g/mol. The molecule has 1 heterocycles. The number of carbonyl (C=O) groups excluding carboxylic acids is 2. The molecule has 2 fully saturated rings. The summed E-state index contributed by atoms with van der Waals surface area (Å²) in [5, 5.41) is 12.4. The highest BCUT2D eigenvalue weighted by atomic mass is 16.5. The molecule has 2 amide bonds. The zero-order valence-corrected chi connectivity index (χ0v) is 19.1. The summed E-state index contributed by atoms with van der Waals surface area (Å²) in [5.74, 6) is -1.27. The number of rotatable bonds is 5. The molecule has 0 aromatic heterocycles. The SMILES string of the molecule is O=C(NC1CCC(C(=O)N2CCCC[C@H]2C(=O)O)C1)OCC1c2ccccc2-c2ccccc21. The molecule has 2 aromatic rings. The lowest BCUT2D eigenvalue weighted by Crippen LogP contribution is -2.50. The van der Waals surface area contributed by atoms with Crippen LogP contribution in [-0.4, -0.2) is 53.2 Å². The van der Waals surface area contributed by atoms with Gasteiger partial charge in [0.15, 0.2) is 0 Å². The number of hydrogen-bond acceptors (Lipinski definition) is 4. The summed E-state index contributed by atoms with van der Waals surface area (Å²) in [7, 11) is 0. The average Bonchev–Trinajstić information content (AvgIpc) is 3.45. The van der Waals surface area contributed by atoms with E-state index in [-0.39, 0.29) is 30.4 Å². The van der Waals surface area contributed by atoms with Crippen molar-refractivity contribution in [1.29, 1.82) is 0 Å². The van der Waals surface area contributed by atoms with Crippen LogP contribution < -0.4 is 5.32 Å². The number of carbonyl (C=O) groups is 3. The van der Waals surface area contributed by atoms with Crippen LogP contribution in [0.15, 0.2) is 48.5 Å². The highest BCUT2D eigenvalue weighted by Gasteiger charge is 2.39. The van der Waals surface area contributed by atoms with Crippen LogP contribution in [0.2, 0.25) is 0 Å². The number of aliphatic carboxylic acids is 1. The first-order valence-electron chi connectivity index (χ1n) is 12.2. The predicted molar refractivity (Wildman–Crippen MR) is 126 cm³/mol. The van der Waals surface area contributed by atoms with E-state index in [9.17, 15) is 19.5 Å². The van der Waals surface area contributed by atoms with E-state index in [1.54, 1.807) is 0 Å². The lowest BCUT2D eigenvalue weighted by molar-refractivity contribution is -0.153. The fourth-order valence-electron chi connectivity index (χ4n) is 5.83. The Labute approximate surface area is 199 Å². The summed E-state index contributed by atoms with van der Waals surface area (Å²) in [5.41, 5.74) is 4.69. The van der Waals surface area contributed by atoms with Crippen molar-refractivity contribution in [2.75, 3.05) is 13.2 Å². The van der Waals surface area contributed by atoms with Gasteiger partial charge in [0.2, 0.25) is 5.91 Å². The highest BCUT2D eigenvalue weighted by Crippen LogP contribution is 2.44. The molecule has 5 rings (SSSR count). The summed E-state index contributed by atoms with van der Waals surface area (Å²) in [4.78, 5) is 38.7. The van der Waals surface area contributed by atoms with E-state index in [0.717, 1.165) is 24.0 Å². The van der Waals surface area contributed by atoms with Crippen molar-refractivity contribution in [2.24, 2.45) is 5.92 Å². The number of likely N-dealkylation sites (tertiary alicyclic amines) is 1. The minimum Gasteiger partial charge on any atom is -0.480 e. The van der Waals surface area contributed by atoms with Gasteiger partial charge in [0, 0.05) is 24.4 Å². The second-order valence-electron chi connectivity index (χ2n) is 9.56. The summed E-state index contributed by atoms with van der Waals surface area (Å²) in [6, 6.07) is 15.5. The van der Waals surface area contributed by atoms with Crippen LogP contribution in [0.3, 0.4) is 0 Å². The first kappa shape index (κ1) is 22.4. The van der Waals surface area contributed by atoms with Crippen LogP contribution in [0.1, 0.15) is 55.6 Å². The van der Waals surface area contributed by atoms with E-state index in [2.05, 4.69) is 29.6 Å². The molecule has 178 valence electrons. The topological polar surface area (TPSA) is 95.9 Å². The number of benzene rings is 2. The fourth-order valence-corrected chi connectivity index (χ4v) is 5.83. The third kappa shape index (κ3) is 4.27. The van der Waals surface area contributed by atoms with E-state index < -0.39 is 18.1 Å². The van der Waals surface area contributed by atoms with Gasteiger partial charge < -0.3 is 20.1 Å². The second-order valence-corrected chi connectivity index (χ2v) is 9.56. The highest BCUT2D eigenvalue weighted by molar-refractivity contribution is 5.85. The minimum absolute atomic E-state index is 0.00288. The molecular formula is C27H30N2O5. The molecule has 2 unspecified atom stereocenters. The number of nitrogens with zero attached hydrogens (tertiary/aromatic N) is 1. The van der Waals surface area contributed by atoms with Gasteiger partial charge in [-0.15, -0.1) is 0 Å². The van der Waals surface area contributed by atoms with Crippen molar-refractivity contribution in [3.63, 3.8) is 0 Å². The van der Waals surface area contributed by atoms with Crippen LogP contribution in [0, 0.1) is 5.92 Å². The largest absolute Gasteiger partial charge is 0.480 e. The molecule has 2 aromatic carbocycles. The summed E-state index contributed by atoms with van der Waals surface area (Å²) >= 11 is 0. The van der Waals surface area contributed by atoms with Crippen molar-refractivity contribution in [2.45, 2.75) is 56.5 Å². The van der Waals surface area contributed by atoms with Gasteiger partial charge in [-0.3, -0.25) is 4.79 Å². The minimum atomic E-state index is -0.931. The van der Waals surface area contributed by atoms with E-state index in [4.69, 9.17) is 4.74 Å². The molecule has 1 aliphatic heterocycles. The molecule has 0 spiro atoms. The molecule has 1 saturated carbocycles. The number of carboxylic acid groups (broad SMARTS) is 1. The zero-order chi connectivity index (χ0) is 23.7. The Morgan fingerprint density at radius 3 is 2.29 bits per heavy atom. The zero-order valence-electron chi connectivity index (χ0n) is 19.1. The molecule has 34 heavy (non-hydrogen) atoms. The van der Waals surface area contributed by atoms with Crippen molar-refractivity contribution >= 4 is 18.0 Å². The quantitative estimate of drug-likeness (QED) is 0.696. The normalized spacial score (nSPS) is 23.8. The molecule has 7 nitrogen and oxygen atoms in total. The standard InChI is InChI=1S/C27H30N2O5/c30-25(29-14-6-5-11-24(29)26(31)32)17-12-13-18(15-17)28-27(33)34-16-23-21-9-3-1-7-19(21)20-8-2-4-10-22(20)23/h1-4,7-10,17-18,23-24H,5-6,11-16H2,(H,28,33)(H,31,32)/t17?,18?,24-/m0/s1. The molecule has 0 bridgehead atoms. The Morgan fingerprint density at radius 2 is 1.62 bits per heavy atom. The van der Waals surface area contributed by atoms with Crippen molar-refractivity contribution in [1.82, 2.24) is 10.2 Å². The van der Waals surface area contributed by atoms with E-state index in [0.29, 0.717) is 32.2 Å². The molecule has 7 heteroatoms. The van der Waals surface area contributed by atoms with E-state index in [1.165, 1.54) is 16.0 Å². The Hall–Kier alpha value is -3.35. The maximum atomic E-state index is 13.0. The van der Waals surface area contributed by atoms with Crippen LogP contribution in [0.4, 0.5) is 4.79 Å². The maximum absolute atomic E-state index is 13.0. The number of piperidine rings is 1. The fraction of sp³-hybridized carbons (Fsp3) is 0.444. The van der Waals surface area contributed by atoms with Gasteiger partial charge >= 0.3 is 12.1 Å². The molecule has 2 aliphatic carbocycles. The monoisotopic (exact) mass is 462 g/mol. The van der Waals surface area contributed by atoms with Crippen molar-refractivity contribution in [3.05, 3.63) is 59.7 Å².